The second-order valence-corrected chi connectivity index (χ2v) is 9.99. The van der Waals surface area contributed by atoms with E-state index in [9.17, 15) is 14.3 Å². The summed E-state index contributed by atoms with van der Waals surface area (Å²) in [5.74, 6) is 0.0678. The minimum atomic E-state index is -0.553. The highest BCUT2D eigenvalue weighted by molar-refractivity contribution is 5.74. The topological polar surface area (TPSA) is 94.1 Å². The lowest BCUT2D eigenvalue weighted by atomic mass is 9.84. The van der Waals surface area contributed by atoms with Gasteiger partial charge in [0.15, 0.2) is 5.82 Å². The van der Waals surface area contributed by atoms with E-state index in [0.717, 1.165) is 18.7 Å². The van der Waals surface area contributed by atoms with Gasteiger partial charge in [-0.1, -0.05) is 0 Å². The Kier molecular flexibility index (Phi) is 5.01. The molecule has 2 aromatic heterocycles. The number of fused-ring (bicyclic) bond motifs is 2. The van der Waals surface area contributed by atoms with Gasteiger partial charge in [0.25, 0.3) is 0 Å². The van der Waals surface area contributed by atoms with E-state index in [-0.39, 0.29) is 33.5 Å². The number of H-pyrrole nitrogens is 1. The number of pyridine rings is 1. The van der Waals surface area contributed by atoms with Crippen molar-refractivity contribution in [2.24, 2.45) is 0 Å². The minimum Gasteiger partial charge on any atom is -0.507 e. The monoisotopic (exact) mass is 449 g/mol. The van der Waals surface area contributed by atoms with Crippen molar-refractivity contribution < 1.29 is 9.50 Å². The zero-order valence-electron chi connectivity index (χ0n) is 19.0. The van der Waals surface area contributed by atoms with Crippen molar-refractivity contribution in [3.05, 3.63) is 58.8 Å². The number of benzene rings is 1. The van der Waals surface area contributed by atoms with E-state index in [2.05, 4.69) is 39.2 Å². The van der Waals surface area contributed by atoms with Crippen LogP contribution in [0.4, 0.5) is 10.2 Å². The quantitative estimate of drug-likeness (QED) is 0.560. The fourth-order valence-electron chi connectivity index (χ4n) is 5.54. The van der Waals surface area contributed by atoms with E-state index < -0.39 is 5.82 Å². The number of halogens is 1. The van der Waals surface area contributed by atoms with Crippen LogP contribution in [0.5, 0.6) is 5.75 Å². The van der Waals surface area contributed by atoms with Crippen LogP contribution in [-0.4, -0.2) is 44.5 Å². The first-order chi connectivity index (χ1) is 15.6. The average Bonchev–Trinajstić information content (AvgIpc) is 3.01. The number of piperidine rings is 1. The molecule has 0 amide bonds. The van der Waals surface area contributed by atoms with Crippen molar-refractivity contribution in [1.29, 1.82) is 0 Å². The Morgan fingerprint density at radius 2 is 1.79 bits per heavy atom. The number of anilines is 1. The van der Waals surface area contributed by atoms with Crippen LogP contribution in [0.2, 0.25) is 0 Å². The Morgan fingerprint density at radius 1 is 1.06 bits per heavy atom. The highest BCUT2D eigenvalue weighted by Crippen LogP contribution is 2.44. The molecule has 0 saturated carbocycles. The van der Waals surface area contributed by atoms with Gasteiger partial charge in [-0.25, -0.2) is 4.39 Å². The standard InChI is InChI=1S/C25H28FN5O2/c1-24-7-8-25(2,30-24)14-16(13-24)31(3)22-5-4-20(28-29-22)18-11-19(26)17(12-21(18)32)15-6-9-27-23(33)10-15/h4-6,9-12,16,30,32H,7-8,13-14H2,1-3H3,(H,27,33)/t16-,24-,25+. The number of phenolic OH excluding ortho intramolecular Hbond substituents is 1. The van der Waals surface area contributed by atoms with Gasteiger partial charge in [-0.05, 0) is 75.4 Å². The van der Waals surface area contributed by atoms with E-state index in [1.807, 2.05) is 13.1 Å². The molecule has 7 nitrogen and oxygen atoms in total. The molecule has 0 aliphatic carbocycles. The van der Waals surface area contributed by atoms with Crippen molar-refractivity contribution >= 4 is 5.82 Å². The number of aromatic nitrogens is 3. The highest BCUT2D eigenvalue weighted by atomic mass is 19.1. The molecule has 2 aliphatic rings. The second-order valence-electron chi connectivity index (χ2n) is 9.99. The van der Waals surface area contributed by atoms with Crippen LogP contribution >= 0.6 is 0 Å². The Labute approximate surface area is 191 Å². The molecule has 3 N–H and O–H groups in total. The Hall–Kier alpha value is -3.26. The molecule has 2 aliphatic heterocycles. The first-order valence-electron chi connectivity index (χ1n) is 11.2. The maximum Gasteiger partial charge on any atom is 0.248 e. The third kappa shape index (κ3) is 3.99. The number of nitrogens with zero attached hydrogens (tertiary/aromatic N) is 3. The molecule has 2 bridgehead atoms. The Balaban J connectivity index is 1.40. The van der Waals surface area contributed by atoms with Gasteiger partial charge in [-0.15, -0.1) is 10.2 Å². The van der Waals surface area contributed by atoms with Crippen LogP contribution in [0.25, 0.3) is 22.4 Å². The van der Waals surface area contributed by atoms with E-state index >= 15 is 0 Å². The van der Waals surface area contributed by atoms with Crippen molar-refractivity contribution in [3.63, 3.8) is 0 Å². The molecule has 2 fully saturated rings. The lowest BCUT2D eigenvalue weighted by Crippen LogP contribution is -2.58. The van der Waals surface area contributed by atoms with Gasteiger partial charge in [0.2, 0.25) is 5.56 Å². The first kappa shape index (κ1) is 21.6. The fraction of sp³-hybridized carbons (Fsp3) is 0.400. The summed E-state index contributed by atoms with van der Waals surface area (Å²) in [7, 11) is 2.04. The summed E-state index contributed by atoms with van der Waals surface area (Å²) in [5, 5.41) is 23.0. The van der Waals surface area contributed by atoms with E-state index in [4.69, 9.17) is 0 Å². The van der Waals surface area contributed by atoms with Gasteiger partial charge in [0, 0.05) is 47.6 Å². The maximum atomic E-state index is 14.8. The van der Waals surface area contributed by atoms with E-state index in [1.165, 1.54) is 37.2 Å². The van der Waals surface area contributed by atoms with Gasteiger partial charge < -0.3 is 20.3 Å². The van der Waals surface area contributed by atoms with E-state index in [1.54, 1.807) is 12.1 Å². The molecule has 3 aromatic rings. The number of hydrogen-bond donors (Lipinski definition) is 3. The molecule has 0 radical (unpaired) electrons. The van der Waals surface area contributed by atoms with Crippen LogP contribution in [0.15, 0.2) is 47.4 Å². The predicted molar refractivity (Wildman–Crippen MR) is 126 cm³/mol. The van der Waals surface area contributed by atoms with Gasteiger partial charge in [0.1, 0.15) is 11.6 Å². The second kappa shape index (κ2) is 7.66. The molecule has 33 heavy (non-hydrogen) atoms. The van der Waals surface area contributed by atoms with Crippen LogP contribution in [0, 0.1) is 5.82 Å². The maximum absolute atomic E-state index is 14.8. The van der Waals surface area contributed by atoms with Crippen molar-refractivity contribution in [3.8, 4) is 28.1 Å². The van der Waals surface area contributed by atoms with Crippen LogP contribution in [0.1, 0.15) is 39.5 Å². The summed E-state index contributed by atoms with van der Waals surface area (Å²) in [4.78, 5) is 16.2. The smallest absolute Gasteiger partial charge is 0.248 e. The predicted octanol–water partition coefficient (Wildman–Crippen LogP) is 3.84. The molecule has 5 rings (SSSR count). The zero-order valence-corrected chi connectivity index (χ0v) is 19.0. The van der Waals surface area contributed by atoms with Gasteiger partial charge in [-0.2, -0.15) is 0 Å². The summed E-state index contributed by atoms with van der Waals surface area (Å²) in [5.41, 5.74) is 1.12. The summed E-state index contributed by atoms with van der Waals surface area (Å²) < 4.78 is 14.8. The summed E-state index contributed by atoms with van der Waals surface area (Å²) in [6.07, 6.45) is 5.88. The molecule has 1 aromatic carbocycles. The molecule has 172 valence electrons. The molecule has 0 unspecified atom stereocenters. The highest BCUT2D eigenvalue weighted by Gasteiger charge is 2.49. The Morgan fingerprint density at radius 3 is 2.42 bits per heavy atom. The molecule has 3 atom stereocenters. The molecule has 8 heteroatoms. The molecule has 0 spiro atoms. The molecule has 2 saturated heterocycles. The van der Waals surface area contributed by atoms with E-state index in [0.29, 0.717) is 17.3 Å². The summed E-state index contributed by atoms with van der Waals surface area (Å²) >= 11 is 0. The molecular weight excluding hydrogens is 421 g/mol. The normalized spacial score (nSPS) is 26.4. The Bertz CT molecular complexity index is 1240. The van der Waals surface area contributed by atoms with Crippen molar-refractivity contribution in [2.75, 3.05) is 11.9 Å². The van der Waals surface area contributed by atoms with Gasteiger partial charge >= 0.3 is 0 Å². The number of nitrogens with one attached hydrogen (secondary N) is 2. The van der Waals surface area contributed by atoms with Crippen molar-refractivity contribution in [2.45, 2.75) is 56.7 Å². The number of aromatic hydroxyl groups is 1. The lowest BCUT2D eigenvalue weighted by molar-refractivity contribution is 0.207. The van der Waals surface area contributed by atoms with Gasteiger partial charge in [-0.3, -0.25) is 4.79 Å². The third-order valence-corrected chi connectivity index (χ3v) is 7.21. The lowest BCUT2D eigenvalue weighted by Gasteiger charge is -2.45. The largest absolute Gasteiger partial charge is 0.507 e. The molecule has 4 heterocycles. The van der Waals surface area contributed by atoms with Gasteiger partial charge in [0.05, 0.1) is 5.69 Å². The fourth-order valence-corrected chi connectivity index (χ4v) is 5.54. The van der Waals surface area contributed by atoms with Crippen LogP contribution in [0.3, 0.4) is 0 Å². The summed E-state index contributed by atoms with van der Waals surface area (Å²) in [6, 6.07) is 9.37. The number of phenols is 1. The number of hydrogen-bond acceptors (Lipinski definition) is 6. The zero-order chi connectivity index (χ0) is 23.4. The summed E-state index contributed by atoms with van der Waals surface area (Å²) in [6.45, 7) is 4.58. The minimum absolute atomic E-state index is 0.127. The third-order valence-electron chi connectivity index (χ3n) is 7.21. The molecular formula is C25H28FN5O2. The average molecular weight is 450 g/mol. The first-order valence-corrected chi connectivity index (χ1v) is 11.2. The number of aromatic amines is 1. The number of rotatable bonds is 4. The van der Waals surface area contributed by atoms with Crippen LogP contribution in [-0.2, 0) is 0 Å². The van der Waals surface area contributed by atoms with Crippen LogP contribution < -0.4 is 15.8 Å². The SMILES string of the molecule is CN(c1ccc(-c2cc(F)c(-c3cc[nH]c(=O)c3)cc2O)nn1)[C@H]1C[C@]2(C)CC[C@](C)(C1)N2. The van der Waals surface area contributed by atoms with Crippen molar-refractivity contribution in [1.82, 2.24) is 20.5 Å².